The Hall–Kier alpha value is -2.33. The third-order valence-corrected chi connectivity index (χ3v) is 3.94. The summed E-state index contributed by atoms with van der Waals surface area (Å²) in [6, 6.07) is 19.3. The largest absolute Gasteiger partial charge is 0.357 e. The fourth-order valence-electron chi connectivity index (χ4n) is 2.64. The SMILES string of the molecule is CCNC(=NCc1ccc(CN(C)C)cc1)NC(C)c1ccccc1. The molecule has 0 saturated carbocycles. The first kappa shape index (κ1) is 19.0. The van der Waals surface area contributed by atoms with Gasteiger partial charge in [-0.25, -0.2) is 4.99 Å². The van der Waals surface area contributed by atoms with Crippen molar-refractivity contribution in [3.05, 3.63) is 71.3 Å². The molecule has 0 spiro atoms. The van der Waals surface area contributed by atoms with Crippen LogP contribution in [0.4, 0.5) is 0 Å². The van der Waals surface area contributed by atoms with Gasteiger partial charge in [-0.3, -0.25) is 0 Å². The minimum Gasteiger partial charge on any atom is -0.357 e. The van der Waals surface area contributed by atoms with Crippen molar-refractivity contribution in [3.8, 4) is 0 Å². The van der Waals surface area contributed by atoms with Crippen LogP contribution in [0.15, 0.2) is 59.6 Å². The van der Waals surface area contributed by atoms with Crippen molar-refractivity contribution in [1.29, 1.82) is 0 Å². The van der Waals surface area contributed by atoms with E-state index in [0.29, 0.717) is 6.54 Å². The van der Waals surface area contributed by atoms with Crippen LogP contribution in [0, 0.1) is 0 Å². The Labute approximate surface area is 152 Å². The van der Waals surface area contributed by atoms with Gasteiger partial charge in [-0.2, -0.15) is 0 Å². The van der Waals surface area contributed by atoms with Gasteiger partial charge in [-0.1, -0.05) is 54.6 Å². The first-order chi connectivity index (χ1) is 12.1. The summed E-state index contributed by atoms with van der Waals surface area (Å²) in [5.41, 5.74) is 3.79. The van der Waals surface area contributed by atoms with E-state index < -0.39 is 0 Å². The quantitative estimate of drug-likeness (QED) is 0.599. The molecule has 4 heteroatoms. The molecule has 4 nitrogen and oxygen atoms in total. The van der Waals surface area contributed by atoms with Crippen LogP contribution >= 0.6 is 0 Å². The van der Waals surface area contributed by atoms with E-state index in [0.717, 1.165) is 19.0 Å². The molecule has 0 heterocycles. The normalized spacial score (nSPS) is 12.9. The highest BCUT2D eigenvalue weighted by Gasteiger charge is 2.07. The molecule has 2 aromatic rings. The van der Waals surface area contributed by atoms with Gasteiger partial charge in [0.15, 0.2) is 5.96 Å². The lowest BCUT2D eigenvalue weighted by molar-refractivity contribution is 0.402. The third-order valence-electron chi connectivity index (χ3n) is 3.94. The molecule has 0 fully saturated rings. The van der Waals surface area contributed by atoms with Gasteiger partial charge in [0, 0.05) is 13.1 Å². The lowest BCUT2D eigenvalue weighted by Crippen LogP contribution is -2.38. The van der Waals surface area contributed by atoms with Crippen molar-refractivity contribution < 1.29 is 0 Å². The lowest BCUT2D eigenvalue weighted by Gasteiger charge is -2.18. The number of hydrogen-bond acceptors (Lipinski definition) is 2. The second-order valence-electron chi connectivity index (χ2n) is 6.53. The smallest absolute Gasteiger partial charge is 0.192 e. The van der Waals surface area contributed by atoms with E-state index in [4.69, 9.17) is 4.99 Å². The van der Waals surface area contributed by atoms with Crippen molar-refractivity contribution in [2.45, 2.75) is 33.0 Å². The van der Waals surface area contributed by atoms with Gasteiger partial charge in [0.05, 0.1) is 12.6 Å². The zero-order valence-corrected chi connectivity index (χ0v) is 15.8. The molecule has 0 aliphatic heterocycles. The minimum absolute atomic E-state index is 0.210. The first-order valence-electron chi connectivity index (χ1n) is 8.91. The maximum atomic E-state index is 4.72. The number of benzene rings is 2. The molecular weight excluding hydrogens is 308 g/mol. The van der Waals surface area contributed by atoms with E-state index >= 15 is 0 Å². The molecule has 0 radical (unpaired) electrons. The molecule has 2 rings (SSSR count). The highest BCUT2D eigenvalue weighted by Crippen LogP contribution is 2.11. The summed E-state index contributed by atoms with van der Waals surface area (Å²) in [7, 11) is 4.17. The Morgan fingerprint density at radius 2 is 1.64 bits per heavy atom. The summed E-state index contributed by atoms with van der Waals surface area (Å²) < 4.78 is 0. The minimum atomic E-state index is 0.210. The summed E-state index contributed by atoms with van der Waals surface area (Å²) in [5.74, 6) is 0.844. The predicted molar refractivity (Wildman–Crippen MR) is 107 cm³/mol. The highest BCUT2D eigenvalue weighted by molar-refractivity contribution is 5.80. The zero-order chi connectivity index (χ0) is 18.1. The average Bonchev–Trinajstić information content (AvgIpc) is 2.61. The molecule has 0 saturated heterocycles. The summed E-state index contributed by atoms with van der Waals surface area (Å²) >= 11 is 0. The summed E-state index contributed by atoms with van der Waals surface area (Å²) in [6.45, 7) is 6.70. The van der Waals surface area contributed by atoms with E-state index in [-0.39, 0.29) is 6.04 Å². The fraction of sp³-hybridized carbons (Fsp3) is 0.381. The fourth-order valence-corrected chi connectivity index (χ4v) is 2.64. The molecule has 0 bridgehead atoms. The second-order valence-corrected chi connectivity index (χ2v) is 6.53. The van der Waals surface area contributed by atoms with Crippen LogP contribution < -0.4 is 10.6 Å². The molecule has 2 N–H and O–H groups in total. The van der Waals surface area contributed by atoms with Crippen molar-refractivity contribution in [2.75, 3.05) is 20.6 Å². The van der Waals surface area contributed by atoms with Crippen LogP contribution in [0.2, 0.25) is 0 Å². The van der Waals surface area contributed by atoms with Gasteiger partial charge in [0.2, 0.25) is 0 Å². The number of nitrogens with zero attached hydrogens (tertiary/aromatic N) is 2. The number of aliphatic imine (C=N–C) groups is 1. The van der Waals surface area contributed by atoms with Crippen LogP contribution in [-0.2, 0) is 13.1 Å². The van der Waals surface area contributed by atoms with Crippen LogP contribution in [-0.4, -0.2) is 31.5 Å². The molecule has 0 aliphatic carbocycles. The van der Waals surface area contributed by atoms with Crippen LogP contribution in [0.1, 0.15) is 36.6 Å². The van der Waals surface area contributed by atoms with Crippen molar-refractivity contribution >= 4 is 5.96 Å². The Morgan fingerprint density at radius 3 is 2.24 bits per heavy atom. The predicted octanol–water partition coefficient (Wildman–Crippen LogP) is 3.56. The number of rotatable bonds is 7. The van der Waals surface area contributed by atoms with Crippen molar-refractivity contribution in [2.24, 2.45) is 4.99 Å². The Balaban J connectivity index is 1.99. The molecule has 1 atom stereocenters. The van der Waals surface area contributed by atoms with Crippen LogP contribution in [0.5, 0.6) is 0 Å². The van der Waals surface area contributed by atoms with Gasteiger partial charge < -0.3 is 15.5 Å². The standard InChI is InChI=1S/C21H30N4/c1-5-22-21(24-17(2)20-9-7-6-8-10-20)23-15-18-11-13-19(14-12-18)16-25(3)4/h6-14,17H,5,15-16H2,1-4H3,(H2,22,23,24). The van der Waals surface area contributed by atoms with E-state index in [1.165, 1.54) is 16.7 Å². The summed E-state index contributed by atoms with van der Waals surface area (Å²) in [4.78, 5) is 6.90. The molecule has 1 unspecified atom stereocenters. The summed E-state index contributed by atoms with van der Waals surface area (Å²) in [6.07, 6.45) is 0. The lowest BCUT2D eigenvalue weighted by atomic mass is 10.1. The van der Waals surface area contributed by atoms with Crippen LogP contribution in [0.3, 0.4) is 0 Å². The molecule has 0 aliphatic rings. The monoisotopic (exact) mass is 338 g/mol. The van der Waals surface area contributed by atoms with Gasteiger partial charge in [-0.15, -0.1) is 0 Å². The number of hydrogen-bond donors (Lipinski definition) is 2. The number of guanidine groups is 1. The molecule has 25 heavy (non-hydrogen) atoms. The Kier molecular flexibility index (Phi) is 7.48. The van der Waals surface area contributed by atoms with Gasteiger partial charge in [0.1, 0.15) is 0 Å². The Bertz CT molecular complexity index is 647. The maximum absolute atomic E-state index is 4.72. The average molecular weight is 338 g/mol. The molecular formula is C21H30N4. The van der Waals surface area contributed by atoms with E-state index in [9.17, 15) is 0 Å². The number of nitrogens with one attached hydrogen (secondary N) is 2. The van der Waals surface area contributed by atoms with E-state index in [1.54, 1.807) is 0 Å². The van der Waals surface area contributed by atoms with Crippen molar-refractivity contribution in [3.63, 3.8) is 0 Å². The molecule has 2 aromatic carbocycles. The first-order valence-corrected chi connectivity index (χ1v) is 8.91. The summed E-state index contributed by atoms with van der Waals surface area (Å²) in [5, 5.41) is 6.80. The van der Waals surface area contributed by atoms with Gasteiger partial charge >= 0.3 is 0 Å². The van der Waals surface area contributed by atoms with Crippen LogP contribution in [0.25, 0.3) is 0 Å². The molecule has 0 amide bonds. The van der Waals surface area contributed by atoms with E-state index in [1.807, 2.05) is 6.07 Å². The molecule has 134 valence electrons. The highest BCUT2D eigenvalue weighted by atomic mass is 15.2. The Morgan fingerprint density at radius 1 is 1.00 bits per heavy atom. The van der Waals surface area contributed by atoms with Gasteiger partial charge in [-0.05, 0) is 44.6 Å². The van der Waals surface area contributed by atoms with Gasteiger partial charge in [0.25, 0.3) is 0 Å². The zero-order valence-electron chi connectivity index (χ0n) is 15.8. The van der Waals surface area contributed by atoms with E-state index in [2.05, 4.69) is 92.0 Å². The maximum Gasteiger partial charge on any atom is 0.192 e. The topological polar surface area (TPSA) is 39.7 Å². The third kappa shape index (κ3) is 6.59. The second kappa shape index (κ2) is 9.84. The molecule has 0 aromatic heterocycles. The van der Waals surface area contributed by atoms with Crippen molar-refractivity contribution in [1.82, 2.24) is 15.5 Å².